The van der Waals surface area contributed by atoms with Crippen LogP contribution in [0.15, 0.2) is 36.4 Å². The first-order valence-corrected chi connectivity index (χ1v) is 9.91. The molecule has 0 spiro atoms. The fraction of sp³-hybridized carbons (Fsp3) is 0.300. The second kappa shape index (κ2) is 8.70. The van der Waals surface area contributed by atoms with Crippen molar-refractivity contribution in [2.24, 2.45) is 0 Å². The van der Waals surface area contributed by atoms with E-state index >= 15 is 0 Å². The largest absolute Gasteiger partial charge is 0.334 e. The van der Waals surface area contributed by atoms with Gasteiger partial charge in [0.1, 0.15) is 23.0 Å². The number of thiazole rings is 1. The highest BCUT2D eigenvalue weighted by atomic mass is 32.1. The summed E-state index contributed by atoms with van der Waals surface area (Å²) in [6, 6.07) is 7.46. The summed E-state index contributed by atoms with van der Waals surface area (Å²) in [4.78, 5) is 20.0. The predicted molar refractivity (Wildman–Crippen MR) is 105 cm³/mol. The molecule has 0 aliphatic rings. The first-order valence-electron chi connectivity index (χ1n) is 9.10. The van der Waals surface area contributed by atoms with Gasteiger partial charge in [-0.2, -0.15) is 0 Å². The Morgan fingerprint density at radius 2 is 1.79 bits per heavy atom. The number of fused-ring (bicyclic) bond motifs is 1. The van der Waals surface area contributed by atoms with Gasteiger partial charge < -0.3 is 4.90 Å². The molecule has 148 valence electrons. The highest BCUT2D eigenvalue weighted by molar-refractivity contribution is 7.22. The minimum Gasteiger partial charge on any atom is -0.334 e. The molecule has 8 heteroatoms. The van der Waals surface area contributed by atoms with Crippen molar-refractivity contribution in [3.63, 3.8) is 0 Å². The Labute approximate surface area is 165 Å². The fourth-order valence-electron chi connectivity index (χ4n) is 3.00. The smallest absolute Gasteiger partial charge is 0.266 e. The molecule has 0 saturated carbocycles. The first kappa shape index (κ1) is 20.3. The predicted octanol–water partition coefficient (Wildman–Crippen LogP) is 3.29. The van der Waals surface area contributed by atoms with Gasteiger partial charge in [0.2, 0.25) is 0 Å². The van der Waals surface area contributed by atoms with Crippen LogP contribution in [0.25, 0.3) is 10.2 Å². The van der Waals surface area contributed by atoms with Gasteiger partial charge in [-0.05, 0) is 44.2 Å². The van der Waals surface area contributed by atoms with E-state index in [-0.39, 0.29) is 6.54 Å². The maximum absolute atomic E-state index is 14.2. The third kappa shape index (κ3) is 4.18. The number of aromatic nitrogens is 1. The molecule has 0 aliphatic carbocycles. The third-order valence-electron chi connectivity index (χ3n) is 4.68. The Morgan fingerprint density at radius 3 is 2.43 bits per heavy atom. The van der Waals surface area contributed by atoms with Crippen molar-refractivity contribution in [1.82, 2.24) is 4.98 Å². The summed E-state index contributed by atoms with van der Waals surface area (Å²) in [5.41, 5.74) is -0.0779. The molecule has 4 nitrogen and oxygen atoms in total. The van der Waals surface area contributed by atoms with Crippen molar-refractivity contribution in [1.29, 1.82) is 0 Å². The van der Waals surface area contributed by atoms with Crippen LogP contribution < -0.4 is 9.80 Å². The van der Waals surface area contributed by atoms with E-state index in [1.807, 2.05) is 13.8 Å². The number of hydrogen-bond donors (Lipinski definition) is 1. The lowest BCUT2D eigenvalue weighted by molar-refractivity contribution is -0.894. The number of nitrogens with zero attached hydrogens (tertiary/aromatic N) is 2. The number of rotatable bonds is 7. The Hall–Kier alpha value is -2.45. The standard InChI is InChI=1S/C20H20F3N3OS/c1-3-25(4-2)10-11-26(19(27)18-14(22)6-5-7-15(18)23)20-24-16-9-8-13(21)12-17(16)28-20/h5-9,12H,3-4,10-11H2,1-2H3/p+1. The number of likely N-dealkylation sites (N-methyl/N-ethyl adjacent to an activating group) is 1. The molecule has 1 N–H and O–H groups in total. The van der Waals surface area contributed by atoms with E-state index in [0.717, 1.165) is 36.6 Å². The topological polar surface area (TPSA) is 37.6 Å². The maximum Gasteiger partial charge on any atom is 0.266 e. The number of quaternary nitrogens is 1. The number of anilines is 1. The van der Waals surface area contributed by atoms with Gasteiger partial charge in [-0.3, -0.25) is 9.69 Å². The van der Waals surface area contributed by atoms with Crippen LogP contribution in [0.5, 0.6) is 0 Å². The molecule has 3 aromatic rings. The molecular formula is C20H21F3N3OS+. The molecule has 28 heavy (non-hydrogen) atoms. The second-order valence-electron chi connectivity index (χ2n) is 6.37. The number of halogens is 3. The van der Waals surface area contributed by atoms with Crippen LogP contribution in [0.3, 0.4) is 0 Å². The van der Waals surface area contributed by atoms with Crippen molar-refractivity contribution in [3.05, 3.63) is 59.4 Å². The Bertz CT molecular complexity index is 968. The Morgan fingerprint density at radius 1 is 1.11 bits per heavy atom. The van der Waals surface area contributed by atoms with E-state index < -0.39 is 28.9 Å². The number of amides is 1. The van der Waals surface area contributed by atoms with Gasteiger partial charge in [-0.15, -0.1) is 0 Å². The summed E-state index contributed by atoms with van der Waals surface area (Å²) >= 11 is 1.12. The summed E-state index contributed by atoms with van der Waals surface area (Å²) in [5.74, 6) is -3.04. The molecule has 0 unspecified atom stereocenters. The van der Waals surface area contributed by atoms with Crippen LogP contribution in [0.1, 0.15) is 24.2 Å². The molecule has 0 atom stereocenters. The molecule has 0 radical (unpaired) electrons. The zero-order valence-corrected chi connectivity index (χ0v) is 16.5. The zero-order chi connectivity index (χ0) is 20.3. The summed E-state index contributed by atoms with van der Waals surface area (Å²) in [5, 5.41) is 0.291. The molecule has 1 aromatic heterocycles. The van der Waals surface area contributed by atoms with Gasteiger partial charge in [0.25, 0.3) is 5.91 Å². The number of carbonyl (C=O) groups is 1. The molecule has 0 aliphatic heterocycles. The van der Waals surface area contributed by atoms with E-state index in [2.05, 4.69) is 4.98 Å². The number of hydrogen-bond acceptors (Lipinski definition) is 3. The highest BCUT2D eigenvalue weighted by Crippen LogP contribution is 2.30. The van der Waals surface area contributed by atoms with E-state index in [9.17, 15) is 18.0 Å². The molecule has 2 aromatic carbocycles. The Balaban J connectivity index is 2.01. The Kier molecular flexibility index (Phi) is 6.31. The molecule has 0 fully saturated rings. The van der Waals surface area contributed by atoms with Gasteiger partial charge in [0, 0.05) is 0 Å². The van der Waals surface area contributed by atoms with Crippen LogP contribution in [0, 0.1) is 17.5 Å². The van der Waals surface area contributed by atoms with Crippen LogP contribution in [0.2, 0.25) is 0 Å². The van der Waals surface area contributed by atoms with Crippen LogP contribution in [0.4, 0.5) is 18.3 Å². The van der Waals surface area contributed by atoms with E-state index in [0.29, 0.717) is 21.9 Å². The highest BCUT2D eigenvalue weighted by Gasteiger charge is 2.27. The fourth-order valence-corrected chi connectivity index (χ4v) is 4.01. The molecule has 3 rings (SSSR count). The number of benzene rings is 2. The lowest BCUT2D eigenvalue weighted by Gasteiger charge is -2.23. The molecular weight excluding hydrogens is 387 g/mol. The quantitative estimate of drug-likeness (QED) is 0.652. The molecule has 1 amide bonds. The number of nitrogens with one attached hydrogen (secondary N) is 1. The van der Waals surface area contributed by atoms with Gasteiger partial charge >= 0.3 is 0 Å². The average Bonchev–Trinajstić information content (AvgIpc) is 3.07. The normalized spacial score (nSPS) is 11.4. The SMILES string of the molecule is CC[NH+](CC)CCN(C(=O)c1c(F)cccc1F)c1nc2ccc(F)cc2s1. The summed E-state index contributed by atoms with van der Waals surface area (Å²) in [6.45, 7) is 6.62. The van der Waals surface area contributed by atoms with Crippen molar-refractivity contribution in [2.45, 2.75) is 13.8 Å². The van der Waals surface area contributed by atoms with Crippen molar-refractivity contribution >= 4 is 32.6 Å². The summed E-state index contributed by atoms with van der Waals surface area (Å²) < 4.78 is 42.5. The van der Waals surface area contributed by atoms with Crippen molar-refractivity contribution in [2.75, 3.05) is 31.1 Å². The van der Waals surface area contributed by atoms with E-state index in [1.165, 1.54) is 34.1 Å². The molecule has 1 heterocycles. The second-order valence-corrected chi connectivity index (χ2v) is 7.38. The maximum atomic E-state index is 14.2. The van der Waals surface area contributed by atoms with Crippen LogP contribution in [-0.2, 0) is 0 Å². The van der Waals surface area contributed by atoms with Gasteiger partial charge in [0.15, 0.2) is 5.13 Å². The minimum absolute atomic E-state index is 0.242. The molecule has 0 saturated heterocycles. The van der Waals surface area contributed by atoms with Crippen LogP contribution in [-0.4, -0.2) is 37.1 Å². The number of carbonyl (C=O) groups excluding carboxylic acids is 1. The van der Waals surface area contributed by atoms with Gasteiger partial charge in [-0.25, -0.2) is 18.2 Å². The van der Waals surface area contributed by atoms with Gasteiger partial charge in [-0.1, -0.05) is 17.4 Å². The van der Waals surface area contributed by atoms with Crippen LogP contribution >= 0.6 is 11.3 Å². The summed E-state index contributed by atoms with van der Waals surface area (Å²) in [6.07, 6.45) is 0. The zero-order valence-electron chi connectivity index (χ0n) is 15.6. The monoisotopic (exact) mass is 408 g/mol. The lowest BCUT2D eigenvalue weighted by atomic mass is 10.1. The van der Waals surface area contributed by atoms with E-state index in [1.54, 1.807) is 0 Å². The van der Waals surface area contributed by atoms with E-state index in [4.69, 9.17) is 0 Å². The lowest BCUT2D eigenvalue weighted by Crippen LogP contribution is -3.12. The third-order valence-corrected chi connectivity index (χ3v) is 5.72. The van der Waals surface area contributed by atoms with Crippen molar-refractivity contribution in [3.8, 4) is 0 Å². The minimum atomic E-state index is -0.919. The first-order chi connectivity index (χ1) is 13.4. The van der Waals surface area contributed by atoms with Crippen molar-refractivity contribution < 1.29 is 22.9 Å². The molecule has 0 bridgehead atoms. The average molecular weight is 408 g/mol. The van der Waals surface area contributed by atoms with Gasteiger partial charge in [0.05, 0.1) is 36.4 Å². The summed E-state index contributed by atoms with van der Waals surface area (Å²) in [7, 11) is 0.